The maximum absolute atomic E-state index is 8.87. The van der Waals surface area contributed by atoms with Crippen LogP contribution in [0.15, 0.2) is 0 Å². The lowest BCUT2D eigenvalue weighted by atomic mass is 9.75. The number of nitriles is 1. The van der Waals surface area contributed by atoms with Gasteiger partial charge in [-0.15, -0.1) is 0 Å². The van der Waals surface area contributed by atoms with Crippen molar-refractivity contribution in [2.24, 2.45) is 5.92 Å². The van der Waals surface area contributed by atoms with Gasteiger partial charge in [0.15, 0.2) is 0 Å². The first-order chi connectivity index (χ1) is 6.80. The molecule has 1 aliphatic heterocycles. The van der Waals surface area contributed by atoms with Crippen LogP contribution in [0.3, 0.4) is 0 Å². The van der Waals surface area contributed by atoms with Gasteiger partial charge in [0.1, 0.15) is 0 Å². The molecule has 1 fully saturated rings. The van der Waals surface area contributed by atoms with Crippen LogP contribution < -0.4 is 0 Å². The van der Waals surface area contributed by atoms with E-state index in [0.29, 0.717) is 12.3 Å². The van der Waals surface area contributed by atoms with Gasteiger partial charge in [-0.1, -0.05) is 0 Å². The number of hydrogen-bond acceptors (Lipinski definition) is 2. The molecule has 0 aliphatic carbocycles. The van der Waals surface area contributed by atoms with Gasteiger partial charge in [-0.2, -0.15) is 5.26 Å². The van der Waals surface area contributed by atoms with Crippen molar-refractivity contribution in [2.75, 3.05) is 6.54 Å². The molecule has 0 aromatic carbocycles. The van der Waals surface area contributed by atoms with Crippen LogP contribution >= 0.6 is 0 Å². The number of likely N-dealkylation sites (tertiary alicyclic amines) is 1. The highest BCUT2D eigenvalue weighted by Gasteiger charge is 2.42. The zero-order chi connectivity index (χ0) is 11.7. The summed E-state index contributed by atoms with van der Waals surface area (Å²) in [5.41, 5.74) is 0.365. The van der Waals surface area contributed by atoms with Crippen LogP contribution in [-0.2, 0) is 0 Å². The normalized spacial score (nSPS) is 27.3. The highest BCUT2D eigenvalue weighted by Crippen LogP contribution is 2.39. The molecule has 1 atom stereocenters. The van der Waals surface area contributed by atoms with E-state index in [1.165, 1.54) is 19.4 Å². The third-order valence-corrected chi connectivity index (χ3v) is 3.78. The molecule has 2 heteroatoms. The topological polar surface area (TPSA) is 27.0 Å². The minimum absolute atomic E-state index is 0.159. The maximum atomic E-state index is 8.87. The van der Waals surface area contributed by atoms with Gasteiger partial charge < -0.3 is 0 Å². The molecule has 0 spiro atoms. The highest BCUT2D eigenvalue weighted by atomic mass is 15.3. The van der Waals surface area contributed by atoms with Crippen LogP contribution in [-0.4, -0.2) is 22.5 Å². The average molecular weight is 208 g/mol. The second kappa shape index (κ2) is 4.14. The van der Waals surface area contributed by atoms with Crippen LogP contribution in [0.1, 0.15) is 53.9 Å². The highest BCUT2D eigenvalue weighted by molar-refractivity contribution is 5.00. The Morgan fingerprint density at radius 3 is 2.47 bits per heavy atom. The Morgan fingerprint density at radius 2 is 2.00 bits per heavy atom. The van der Waals surface area contributed by atoms with Gasteiger partial charge in [0, 0.05) is 17.5 Å². The quantitative estimate of drug-likeness (QED) is 0.661. The maximum Gasteiger partial charge on any atom is 0.0625 e. The number of piperidine rings is 1. The molecule has 0 saturated carbocycles. The van der Waals surface area contributed by atoms with E-state index in [2.05, 4.69) is 45.6 Å². The fourth-order valence-electron chi connectivity index (χ4n) is 3.02. The van der Waals surface area contributed by atoms with Crippen molar-refractivity contribution in [1.29, 1.82) is 5.26 Å². The average Bonchev–Trinajstić information content (AvgIpc) is 2.06. The van der Waals surface area contributed by atoms with Crippen molar-refractivity contribution >= 4 is 0 Å². The van der Waals surface area contributed by atoms with E-state index in [0.717, 1.165) is 0 Å². The molecule has 1 heterocycles. The zero-order valence-corrected chi connectivity index (χ0v) is 10.8. The third-order valence-electron chi connectivity index (χ3n) is 3.78. The van der Waals surface area contributed by atoms with E-state index in [4.69, 9.17) is 5.26 Å². The summed E-state index contributed by atoms with van der Waals surface area (Å²) in [6.07, 6.45) is 3.12. The predicted molar refractivity (Wildman–Crippen MR) is 63.5 cm³/mol. The molecule has 0 bridgehead atoms. The second-order valence-corrected chi connectivity index (χ2v) is 6.18. The second-order valence-electron chi connectivity index (χ2n) is 6.18. The largest absolute Gasteiger partial charge is 0.293 e. The summed E-state index contributed by atoms with van der Waals surface area (Å²) in [5, 5.41) is 8.87. The van der Waals surface area contributed by atoms with Crippen LogP contribution in [0.25, 0.3) is 0 Å². The minimum Gasteiger partial charge on any atom is -0.293 e. The standard InChI is InChI=1S/C13H24N2/c1-12(2,3)15-10-6-7-11(8-9-14)13(15,4)5/h11H,6-8,10H2,1-5H3. The van der Waals surface area contributed by atoms with Crippen molar-refractivity contribution in [2.45, 2.75) is 65.0 Å². The molecule has 15 heavy (non-hydrogen) atoms. The van der Waals surface area contributed by atoms with E-state index in [1.807, 2.05) is 0 Å². The minimum atomic E-state index is 0.159. The van der Waals surface area contributed by atoms with Crippen LogP contribution in [0.5, 0.6) is 0 Å². The Balaban J connectivity index is 2.87. The third kappa shape index (κ3) is 2.52. The molecule has 0 N–H and O–H groups in total. The lowest BCUT2D eigenvalue weighted by Gasteiger charge is -2.53. The molecule has 0 aromatic rings. The summed E-state index contributed by atoms with van der Waals surface area (Å²) in [6, 6.07) is 2.34. The van der Waals surface area contributed by atoms with Gasteiger partial charge in [-0.25, -0.2) is 0 Å². The molecule has 1 unspecified atom stereocenters. The van der Waals surface area contributed by atoms with Gasteiger partial charge in [-0.3, -0.25) is 4.90 Å². The number of rotatable bonds is 1. The first-order valence-electron chi connectivity index (χ1n) is 5.95. The van der Waals surface area contributed by atoms with Crippen molar-refractivity contribution in [3.63, 3.8) is 0 Å². The SMILES string of the molecule is CC(C)(C)N1CCCC(CC#N)C1(C)C. The summed E-state index contributed by atoms with van der Waals surface area (Å²) in [7, 11) is 0. The van der Waals surface area contributed by atoms with Crippen LogP contribution in [0, 0.1) is 17.2 Å². The summed E-state index contributed by atoms with van der Waals surface area (Å²) >= 11 is 0. The Kier molecular flexibility index (Phi) is 3.45. The first-order valence-corrected chi connectivity index (χ1v) is 5.95. The summed E-state index contributed by atoms with van der Waals surface area (Å²) in [4.78, 5) is 2.56. The van der Waals surface area contributed by atoms with E-state index >= 15 is 0 Å². The van der Waals surface area contributed by atoms with Crippen molar-refractivity contribution in [3.8, 4) is 6.07 Å². The Labute approximate surface area is 94.3 Å². The Bertz CT molecular complexity index is 255. The molecule has 1 rings (SSSR count). The molecule has 2 nitrogen and oxygen atoms in total. The monoisotopic (exact) mass is 208 g/mol. The summed E-state index contributed by atoms with van der Waals surface area (Å²) in [5.74, 6) is 0.524. The van der Waals surface area contributed by atoms with Gasteiger partial charge in [-0.05, 0) is 59.9 Å². The van der Waals surface area contributed by atoms with Crippen LogP contribution in [0.2, 0.25) is 0 Å². The van der Waals surface area contributed by atoms with Gasteiger partial charge >= 0.3 is 0 Å². The van der Waals surface area contributed by atoms with E-state index in [-0.39, 0.29) is 11.1 Å². The predicted octanol–water partition coefficient (Wildman–Crippen LogP) is 3.19. The smallest absolute Gasteiger partial charge is 0.0625 e. The van der Waals surface area contributed by atoms with Crippen molar-refractivity contribution in [3.05, 3.63) is 0 Å². The van der Waals surface area contributed by atoms with Gasteiger partial charge in [0.05, 0.1) is 6.07 Å². The fraction of sp³-hybridized carbons (Fsp3) is 0.923. The number of nitrogens with zero attached hydrogens (tertiary/aromatic N) is 2. The van der Waals surface area contributed by atoms with Crippen molar-refractivity contribution < 1.29 is 0 Å². The zero-order valence-electron chi connectivity index (χ0n) is 10.8. The van der Waals surface area contributed by atoms with E-state index < -0.39 is 0 Å². The Morgan fingerprint density at radius 1 is 1.40 bits per heavy atom. The Hall–Kier alpha value is -0.550. The summed E-state index contributed by atoms with van der Waals surface area (Å²) < 4.78 is 0. The summed E-state index contributed by atoms with van der Waals surface area (Å²) in [6.45, 7) is 12.5. The number of hydrogen-bond donors (Lipinski definition) is 0. The fourth-order valence-corrected chi connectivity index (χ4v) is 3.02. The first kappa shape index (κ1) is 12.5. The molecule has 0 aromatic heterocycles. The molecule has 86 valence electrons. The van der Waals surface area contributed by atoms with Crippen molar-refractivity contribution in [1.82, 2.24) is 4.90 Å². The molecule has 0 amide bonds. The van der Waals surface area contributed by atoms with Gasteiger partial charge in [0.25, 0.3) is 0 Å². The molecular weight excluding hydrogens is 184 g/mol. The van der Waals surface area contributed by atoms with E-state index in [1.54, 1.807) is 0 Å². The van der Waals surface area contributed by atoms with Gasteiger partial charge in [0.2, 0.25) is 0 Å². The lowest BCUT2D eigenvalue weighted by molar-refractivity contribution is -0.0403. The molecule has 1 aliphatic rings. The molecule has 0 radical (unpaired) electrons. The van der Waals surface area contributed by atoms with E-state index in [9.17, 15) is 0 Å². The van der Waals surface area contributed by atoms with Crippen LogP contribution in [0.4, 0.5) is 0 Å². The molecular formula is C13H24N2. The lowest BCUT2D eigenvalue weighted by Crippen LogP contribution is -2.60. The molecule has 1 saturated heterocycles.